The Labute approximate surface area is 96.9 Å². The molecule has 4 heteroatoms. The smallest absolute Gasteiger partial charge is 0.408 e. The van der Waals surface area contributed by atoms with Crippen molar-refractivity contribution >= 4 is 22.0 Å². The van der Waals surface area contributed by atoms with Crippen molar-refractivity contribution < 1.29 is 9.53 Å². The number of hydrogen-bond donors (Lipinski definition) is 1. The van der Waals surface area contributed by atoms with Crippen LogP contribution in [0.25, 0.3) is 0 Å². The lowest BCUT2D eigenvalue weighted by molar-refractivity contribution is 0.171. The molecule has 0 aromatic heterocycles. The second kappa shape index (κ2) is 3.85. The van der Waals surface area contributed by atoms with Crippen molar-refractivity contribution in [1.29, 1.82) is 0 Å². The van der Waals surface area contributed by atoms with E-state index in [-0.39, 0.29) is 11.6 Å². The molecule has 2 rings (SSSR count). The van der Waals surface area contributed by atoms with E-state index in [1.807, 2.05) is 31.2 Å². The minimum Gasteiger partial charge on any atom is -0.447 e. The normalized spacial score (nSPS) is 24.8. The van der Waals surface area contributed by atoms with Gasteiger partial charge in [-0.2, -0.15) is 0 Å². The van der Waals surface area contributed by atoms with Crippen LogP contribution in [0.2, 0.25) is 0 Å². The molecule has 1 amide bonds. The van der Waals surface area contributed by atoms with Crippen LogP contribution in [0, 0.1) is 0 Å². The molecule has 0 spiro atoms. The minimum atomic E-state index is -0.360. The molecule has 0 bridgehead atoms. The van der Waals surface area contributed by atoms with E-state index < -0.39 is 0 Å². The van der Waals surface area contributed by atoms with E-state index in [1.54, 1.807) is 0 Å². The number of hydrogen-bond acceptors (Lipinski definition) is 2. The van der Waals surface area contributed by atoms with Crippen LogP contribution in [0.1, 0.15) is 18.9 Å². The Bertz CT molecular complexity index is 394. The van der Waals surface area contributed by atoms with E-state index >= 15 is 0 Å². The highest BCUT2D eigenvalue weighted by atomic mass is 79.9. The van der Waals surface area contributed by atoms with E-state index in [2.05, 4.69) is 21.2 Å². The molecule has 0 saturated carbocycles. The molecule has 1 aliphatic heterocycles. The first-order chi connectivity index (χ1) is 7.16. The van der Waals surface area contributed by atoms with Crippen LogP contribution in [0.3, 0.4) is 0 Å². The maximum absolute atomic E-state index is 11.1. The summed E-state index contributed by atoms with van der Waals surface area (Å²) >= 11 is 3.42. The van der Waals surface area contributed by atoms with Gasteiger partial charge in [0, 0.05) is 4.47 Å². The number of carbonyl (C=O) groups is 1. The van der Waals surface area contributed by atoms with Gasteiger partial charge in [0.15, 0.2) is 0 Å². The zero-order chi connectivity index (χ0) is 10.9. The highest BCUT2D eigenvalue weighted by Crippen LogP contribution is 2.30. The molecule has 1 atom stereocenters. The second-order valence-electron chi connectivity index (χ2n) is 3.65. The first-order valence-corrected chi connectivity index (χ1v) is 5.66. The van der Waals surface area contributed by atoms with Crippen molar-refractivity contribution in [3.05, 3.63) is 34.3 Å². The summed E-state index contributed by atoms with van der Waals surface area (Å²) in [6.45, 7) is 2.44. The highest BCUT2D eigenvalue weighted by Gasteiger charge is 2.39. The largest absolute Gasteiger partial charge is 0.447 e. The molecule has 0 aliphatic carbocycles. The lowest BCUT2D eigenvalue weighted by Gasteiger charge is -2.25. The van der Waals surface area contributed by atoms with Crippen molar-refractivity contribution in [2.75, 3.05) is 6.61 Å². The Morgan fingerprint density at radius 1 is 1.60 bits per heavy atom. The molecule has 1 aromatic carbocycles. The van der Waals surface area contributed by atoms with Gasteiger partial charge in [-0.15, -0.1) is 0 Å². The number of cyclic esters (lactones) is 1. The molecule has 1 aliphatic rings. The number of nitrogens with one attached hydrogen (secondary N) is 1. The summed E-state index contributed by atoms with van der Waals surface area (Å²) < 4.78 is 6.00. The monoisotopic (exact) mass is 269 g/mol. The van der Waals surface area contributed by atoms with Crippen LogP contribution in [-0.2, 0) is 10.3 Å². The topological polar surface area (TPSA) is 38.3 Å². The number of carbonyl (C=O) groups excluding carboxylic acids is 1. The Morgan fingerprint density at radius 2 is 2.40 bits per heavy atom. The quantitative estimate of drug-likeness (QED) is 0.897. The molecule has 1 aromatic rings. The second-order valence-corrected chi connectivity index (χ2v) is 4.56. The number of benzene rings is 1. The fraction of sp³-hybridized carbons (Fsp3) is 0.364. The molecule has 3 nitrogen and oxygen atoms in total. The predicted octanol–water partition coefficient (Wildman–Crippen LogP) is 2.79. The molecule has 1 unspecified atom stereocenters. The summed E-state index contributed by atoms with van der Waals surface area (Å²) in [6.07, 6.45) is 0.478. The van der Waals surface area contributed by atoms with Crippen molar-refractivity contribution in [3.63, 3.8) is 0 Å². The Morgan fingerprint density at radius 3 is 2.93 bits per heavy atom. The molecule has 0 radical (unpaired) electrons. The van der Waals surface area contributed by atoms with Gasteiger partial charge < -0.3 is 10.1 Å². The maximum atomic E-state index is 11.1. The van der Waals surface area contributed by atoms with Crippen molar-refractivity contribution in [1.82, 2.24) is 5.32 Å². The van der Waals surface area contributed by atoms with Gasteiger partial charge in [-0.25, -0.2) is 4.79 Å². The van der Waals surface area contributed by atoms with Gasteiger partial charge in [-0.1, -0.05) is 35.0 Å². The van der Waals surface area contributed by atoms with Crippen molar-refractivity contribution in [3.8, 4) is 0 Å². The van der Waals surface area contributed by atoms with Crippen LogP contribution in [0.15, 0.2) is 28.7 Å². The van der Waals surface area contributed by atoms with E-state index in [0.29, 0.717) is 6.61 Å². The lowest BCUT2D eigenvalue weighted by Crippen LogP contribution is -2.39. The number of alkyl carbamates (subject to hydrolysis) is 1. The zero-order valence-corrected chi connectivity index (χ0v) is 10.0. The molecule has 1 saturated heterocycles. The lowest BCUT2D eigenvalue weighted by atomic mass is 9.89. The van der Waals surface area contributed by atoms with Crippen LogP contribution >= 0.6 is 15.9 Å². The molecule has 80 valence electrons. The van der Waals surface area contributed by atoms with Crippen LogP contribution in [-0.4, -0.2) is 12.7 Å². The standard InChI is InChI=1S/C11H12BrNO2/c1-2-11(7-15-10(14)13-11)8-4-3-5-9(12)6-8/h3-6H,2,7H2,1H3,(H,13,14). The third-order valence-electron chi connectivity index (χ3n) is 2.77. The SMILES string of the molecule is CCC1(c2cccc(Br)c2)COC(=O)N1. The van der Waals surface area contributed by atoms with Gasteiger partial charge in [-0.3, -0.25) is 0 Å². The van der Waals surface area contributed by atoms with Crippen molar-refractivity contribution in [2.24, 2.45) is 0 Å². The third-order valence-corrected chi connectivity index (χ3v) is 3.27. The molecule has 1 N–H and O–H groups in total. The van der Waals surface area contributed by atoms with Crippen LogP contribution < -0.4 is 5.32 Å². The van der Waals surface area contributed by atoms with Gasteiger partial charge in [-0.05, 0) is 24.1 Å². The third kappa shape index (κ3) is 1.86. The number of halogens is 1. The molecular formula is C11H12BrNO2. The average Bonchev–Trinajstić information content (AvgIpc) is 2.61. The van der Waals surface area contributed by atoms with Gasteiger partial charge in [0.05, 0.1) is 0 Å². The molecule has 15 heavy (non-hydrogen) atoms. The number of rotatable bonds is 2. The zero-order valence-electron chi connectivity index (χ0n) is 8.42. The summed E-state index contributed by atoms with van der Waals surface area (Å²) in [5.74, 6) is 0. The van der Waals surface area contributed by atoms with Crippen molar-refractivity contribution in [2.45, 2.75) is 18.9 Å². The highest BCUT2D eigenvalue weighted by molar-refractivity contribution is 9.10. The first-order valence-electron chi connectivity index (χ1n) is 4.87. The predicted molar refractivity (Wildman–Crippen MR) is 60.6 cm³/mol. The van der Waals surface area contributed by atoms with E-state index in [1.165, 1.54) is 0 Å². The summed E-state index contributed by atoms with van der Waals surface area (Å²) in [5.41, 5.74) is 0.714. The Kier molecular flexibility index (Phi) is 2.69. The van der Waals surface area contributed by atoms with Crippen LogP contribution in [0.5, 0.6) is 0 Å². The van der Waals surface area contributed by atoms with Gasteiger partial charge in [0.2, 0.25) is 0 Å². The molecule has 1 fully saturated rings. The number of ether oxygens (including phenoxy) is 1. The van der Waals surface area contributed by atoms with Gasteiger partial charge in [0.25, 0.3) is 0 Å². The summed E-state index contributed by atoms with van der Waals surface area (Å²) in [6, 6.07) is 7.94. The van der Waals surface area contributed by atoms with Gasteiger partial charge >= 0.3 is 6.09 Å². The summed E-state index contributed by atoms with van der Waals surface area (Å²) in [4.78, 5) is 11.1. The fourth-order valence-electron chi connectivity index (χ4n) is 1.79. The van der Waals surface area contributed by atoms with Crippen LogP contribution in [0.4, 0.5) is 4.79 Å². The maximum Gasteiger partial charge on any atom is 0.408 e. The molecule has 1 heterocycles. The summed E-state index contributed by atoms with van der Waals surface area (Å²) in [7, 11) is 0. The minimum absolute atomic E-state index is 0.336. The van der Waals surface area contributed by atoms with Gasteiger partial charge in [0.1, 0.15) is 12.1 Å². The van der Waals surface area contributed by atoms with E-state index in [9.17, 15) is 4.79 Å². The van der Waals surface area contributed by atoms with E-state index in [0.717, 1.165) is 16.5 Å². The Hall–Kier alpha value is -1.03. The first kappa shape index (κ1) is 10.5. The molecular weight excluding hydrogens is 258 g/mol. The average molecular weight is 270 g/mol. The Balaban J connectivity index is 2.38. The number of amides is 1. The van der Waals surface area contributed by atoms with E-state index in [4.69, 9.17) is 4.74 Å². The summed E-state index contributed by atoms with van der Waals surface area (Å²) in [5, 5.41) is 2.88. The fourth-order valence-corrected chi connectivity index (χ4v) is 2.19.